The van der Waals surface area contributed by atoms with Crippen LogP contribution in [-0.4, -0.2) is 6.71 Å². The molecule has 0 spiro atoms. The molecule has 0 fully saturated rings. The summed E-state index contributed by atoms with van der Waals surface area (Å²) in [4.78, 5) is 5.97. The summed E-state index contributed by atoms with van der Waals surface area (Å²) < 4.78 is 62.6. The second-order valence-electron chi connectivity index (χ2n) is 18.1. The van der Waals surface area contributed by atoms with E-state index >= 15 is 8.78 Å². The van der Waals surface area contributed by atoms with Crippen LogP contribution in [0.3, 0.4) is 0 Å². The van der Waals surface area contributed by atoms with Crippen LogP contribution in [0.4, 0.5) is 68.7 Å². The highest BCUT2D eigenvalue weighted by Gasteiger charge is 2.45. The molecule has 2 heterocycles. The van der Waals surface area contributed by atoms with Gasteiger partial charge in [-0.3, -0.25) is 0 Å². The van der Waals surface area contributed by atoms with Gasteiger partial charge in [-0.2, -0.15) is 0 Å². The van der Waals surface area contributed by atoms with Gasteiger partial charge in [-0.1, -0.05) is 102 Å². The molecule has 0 saturated carbocycles. The van der Waals surface area contributed by atoms with Gasteiger partial charge in [0.15, 0.2) is 0 Å². The van der Waals surface area contributed by atoms with E-state index in [1.54, 1.807) is 0 Å². The van der Waals surface area contributed by atoms with E-state index in [9.17, 15) is 8.78 Å². The highest BCUT2D eigenvalue weighted by molar-refractivity contribution is 7.00. The van der Waals surface area contributed by atoms with Crippen LogP contribution in [0.15, 0.2) is 133 Å². The molecule has 0 atom stereocenters. The Morgan fingerprint density at radius 1 is 0.450 bits per heavy atom. The van der Waals surface area contributed by atoms with E-state index in [0.717, 1.165) is 79.2 Å². The van der Waals surface area contributed by atoms with Gasteiger partial charge in [0, 0.05) is 46.3 Å². The molecule has 8 heteroatoms. The minimum atomic E-state index is -0.722. The van der Waals surface area contributed by atoms with Crippen LogP contribution in [0.2, 0.25) is 0 Å². The summed E-state index contributed by atoms with van der Waals surface area (Å²) >= 11 is 0. The number of anilines is 9. The van der Waals surface area contributed by atoms with Crippen LogP contribution in [-0.2, 0) is 10.8 Å². The maximum absolute atomic E-state index is 16.5. The number of aryl methyl sites for hydroxylation is 2. The predicted octanol–water partition coefficient (Wildman–Crippen LogP) is 13.0. The molecule has 0 saturated heterocycles. The predicted molar refractivity (Wildman–Crippen MR) is 242 cm³/mol. The van der Waals surface area contributed by atoms with Crippen molar-refractivity contribution in [3.63, 3.8) is 0 Å². The molecule has 2 aliphatic heterocycles. The number of fused-ring (bicyclic) bond motifs is 4. The number of halogens is 4. The van der Waals surface area contributed by atoms with Crippen LogP contribution in [0.1, 0.15) is 63.8 Å². The summed E-state index contributed by atoms with van der Waals surface area (Å²) in [5, 5.41) is 0. The summed E-state index contributed by atoms with van der Waals surface area (Å²) in [6, 6.07) is 40.5. The standard InChI is InChI=1S/C52H46BF4N3/c1-31-13-9-11-15-42(31)58(43-16-12-10-14-32(43)2)37-29-48-50-49(30-37)60(47-24-20-36(55)28-41(47)57)45-22-18-34(52(6,7)8)26-39(45)53(50)38-25-33(51(3,4)5)17-21-44(38)59(48)46-23-19-35(54)27-40(46)56/h9-30H,1-8H3. The lowest BCUT2D eigenvalue weighted by atomic mass is 9.33. The van der Waals surface area contributed by atoms with Gasteiger partial charge in [0.1, 0.15) is 23.3 Å². The Hall–Kier alpha value is -6.28. The molecule has 0 aromatic heterocycles. The zero-order chi connectivity index (χ0) is 42.4. The fourth-order valence-corrected chi connectivity index (χ4v) is 8.93. The molecule has 60 heavy (non-hydrogen) atoms. The van der Waals surface area contributed by atoms with Gasteiger partial charge in [-0.05, 0) is 124 Å². The summed E-state index contributed by atoms with van der Waals surface area (Å²) in [5.41, 5.74) is 12.2. The third kappa shape index (κ3) is 6.44. The minimum absolute atomic E-state index is 0.172. The van der Waals surface area contributed by atoms with Crippen LogP contribution >= 0.6 is 0 Å². The van der Waals surface area contributed by atoms with Gasteiger partial charge >= 0.3 is 0 Å². The Balaban J connectivity index is 1.48. The van der Waals surface area contributed by atoms with E-state index in [1.165, 1.54) is 24.3 Å². The summed E-state index contributed by atoms with van der Waals surface area (Å²) in [6.45, 7) is 16.7. The van der Waals surface area contributed by atoms with Gasteiger partial charge in [0.25, 0.3) is 6.71 Å². The molecule has 300 valence electrons. The summed E-state index contributed by atoms with van der Waals surface area (Å²) in [6.07, 6.45) is 0. The minimum Gasteiger partial charge on any atom is -0.310 e. The van der Waals surface area contributed by atoms with Crippen molar-refractivity contribution in [2.75, 3.05) is 14.7 Å². The monoisotopic (exact) mass is 799 g/mol. The maximum Gasteiger partial charge on any atom is 0.252 e. The number of benzene rings is 7. The van der Waals surface area contributed by atoms with Crippen molar-refractivity contribution in [3.05, 3.63) is 179 Å². The molecule has 0 N–H and O–H groups in total. The molecule has 7 aromatic carbocycles. The van der Waals surface area contributed by atoms with E-state index in [-0.39, 0.29) is 28.9 Å². The van der Waals surface area contributed by atoms with Crippen LogP contribution < -0.4 is 31.1 Å². The molecular weight excluding hydrogens is 753 g/mol. The van der Waals surface area contributed by atoms with Gasteiger partial charge in [0.05, 0.1) is 17.1 Å². The van der Waals surface area contributed by atoms with Crippen molar-refractivity contribution in [2.24, 2.45) is 0 Å². The number of rotatable bonds is 5. The lowest BCUT2D eigenvalue weighted by Crippen LogP contribution is -2.61. The highest BCUT2D eigenvalue weighted by atomic mass is 19.1. The van der Waals surface area contributed by atoms with Crippen molar-refractivity contribution in [3.8, 4) is 0 Å². The fraction of sp³-hybridized carbons (Fsp3) is 0.192. The number of para-hydroxylation sites is 2. The molecular formula is C52H46BF4N3. The van der Waals surface area contributed by atoms with Crippen molar-refractivity contribution in [1.82, 2.24) is 0 Å². The normalized spacial score (nSPS) is 13.2. The SMILES string of the molecule is Cc1ccccc1N(c1cc2c3c(c1)N(c1ccc(F)cc1F)c1ccc(C(C)(C)C)cc1B3c1cc(C(C)(C)C)ccc1N2c1ccc(F)cc1F)c1ccccc1C. The third-order valence-electron chi connectivity index (χ3n) is 12.1. The second kappa shape index (κ2) is 14.2. The first-order valence-corrected chi connectivity index (χ1v) is 20.4. The van der Waals surface area contributed by atoms with E-state index in [4.69, 9.17) is 0 Å². The zero-order valence-electron chi connectivity index (χ0n) is 35.1. The fourth-order valence-electron chi connectivity index (χ4n) is 8.93. The van der Waals surface area contributed by atoms with Crippen LogP contribution in [0, 0.1) is 37.1 Å². The maximum atomic E-state index is 16.5. The van der Waals surface area contributed by atoms with Crippen molar-refractivity contribution in [2.45, 2.75) is 66.2 Å². The smallest absolute Gasteiger partial charge is 0.252 e. The highest BCUT2D eigenvalue weighted by Crippen LogP contribution is 2.50. The zero-order valence-corrected chi connectivity index (χ0v) is 35.1. The number of hydrogen-bond donors (Lipinski definition) is 0. The molecule has 3 nitrogen and oxygen atoms in total. The van der Waals surface area contributed by atoms with Gasteiger partial charge < -0.3 is 14.7 Å². The topological polar surface area (TPSA) is 9.72 Å². The third-order valence-corrected chi connectivity index (χ3v) is 12.1. The van der Waals surface area contributed by atoms with E-state index < -0.39 is 23.3 Å². The molecule has 0 bridgehead atoms. The lowest BCUT2D eigenvalue weighted by molar-refractivity contribution is 0.583. The Bertz CT molecular complexity index is 2670. The quantitative estimate of drug-likeness (QED) is 0.127. The molecule has 2 aliphatic rings. The lowest BCUT2D eigenvalue weighted by Gasteiger charge is -2.45. The molecule has 0 aliphatic carbocycles. The van der Waals surface area contributed by atoms with Crippen LogP contribution in [0.5, 0.6) is 0 Å². The van der Waals surface area contributed by atoms with Gasteiger partial charge in [-0.25, -0.2) is 17.6 Å². The summed E-state index contributed by atoms with van der Waals surface area (Å²) in [7, 11) is 0. The van der Waals surface area contributed by atoms with E-state index in [2.05, 4.69) is 121 Å². The van der Waals surface area contributed by atoms with Crippen molar-refractivity contribution >= 4 is 74.3 Å². The number of hydrogen-bond acceptors (Lipinski definition) is 3. The van der Waals surface area contributed by atoms with Crippen molar-refractivity contribution in [1.29, 1.82) is 0 Å². The Morgan fingerprint density at radius 2 is 0.850 bits per heavy atom. The molecule has 9 rings (SSSR count). The Morgan fingerprint density at radius 3 is 1.23 bits per heavy atom. The summed E-state index contributed by atoms with van der Waals surface area (Å²) in [5.74, 6) is -2.81. The van der Waals surface area contributed by atoms with Gasteiger partial charge in [-0.15, -0.1) is 0 Å². The Kier molecular flexibility index (Phi) is 9.27. The Labute approximate surface area is 350 Å². The average Bonchev–Trinajstić information content (AvgIpc) is 3.19. The molecule has 7 aromatic rings. The second-order valence-corrected chi connectivity index (χ2v) is 18.1. The average molecular weight is 800 g/mol. The van der Waals surface area contributed by atoms with Crippen molar-refractivity contribution < 1.29 is 17.6 Å². The molecule has 0 unspecified atom stereocenters. The number of nitrogens with zero attached hydrogens (tertiary/aromatic N) is 3. The van der Waals surface area contributed by atoms with Crippen LogP contribution in [0.25, 0.3) is 0 Å². The first-order valence-electron chi connectivity index (χ1n) is 20.4. The largest absolute Gasteiger partial charge is 0.310 e. The van der Waals surface area contributed by atoms with E-state index in [0.29, 0.717) is 11.4 Å². The van der Waals surface area contributed by atoms with Gasteiger partial charge in [0.2, 0.25) is 0 Å². The first kappa shape index (κ1) is 39.2. The van der Waals surface area contributed by atoms with E-state index in [1.807, 2.05) is 46.2 Å². The first-order chi connectivity index (χ1) is 28.5. The molecule has 0 amide bonds. The molecule has 0 radical (unpaired) electrons.